The van der Waals surface area contributed by atoms with Gasteiger partial charge in [-0.05, 0) is 36.8 Å². The zero-order valence-corrected chi connectivity index (χ0v) is 14.4. The van der Waals surface area contributed by atoms with Crippen molar-refractivity contribution in [3.05, 3.63) is 54.4 Å². The van der Waals surface area contributed by atoms with Crippen molar-refractivity contribution in [3.63, 3.8) is 0 Å². The van der Waals surface area contributed by atoms with Gasteiger partial charge in [-0.25, -0.2) is 4.79 Å². The molecule has 1 aliphatic rings. The molecule has 1 aromatic carbocycles. The van der Waals surface area contributed by atoms with E-state index >= 15 is 0 Å². The quantitative estimate of drug-likeness (QED) is 0.793. The molecule has 0 aliphatic carbocycles. The summed E-state index contributed by atoms with van der Waals surface area (Å²) in [6.07, 6.45) is 3.05. The molecule has 0 radical (unpaired) electrons. The maximum Gasteiger partial charge on any atom is 0.325 e. The molecule has 2 N–H and O–H groups in total. The monoisotopic (exact) mass is 354 g/mol. The van der Waals surface area contributed by atoms with Gasteiger partial charge in [0.25, 0.3) is 5.91 Å². The summed E-state index contributed by atoms with van der Waals surface area (Å²) in [4.78, 5) is 42.0. The molecule has 0 bridgehead atoms. The fraction of sp³-hybridized carbons (Fsp3) is 0.222. The van der Waals surface area contributed by atoms with Gasteiger partial charge in [0, 0.05) is 6.20 Å². The predicted molar refractivity (Wildman–Crippen MR) is 93.5 cm³/mol. The molecular formula is C18H18N4O4. The second kappa shape index (κ2) is 6.83. The van der Waals surface area contributed by atoms with Gasteiger partial charge in [0.05, 0.1) is 19.0 Å². The van der Waals surface area contributed by atoms with Gasteiger partial charge in [-0.15, -0.1) is 0 Å². The zero-order valence-electron chi connectivity index (χ0n) is 14.4. The number of amides is 4. The van der Waals surface area contributed by atoms with Gasteiger partial charge in [-0.3, -0.25) is 19.5 Å². The van der Waals surface area contributed by atoms with Crippen LogP contribution >= 0.6 is 0 Å². The van der Waals surface area contributed by atoms with Gasteiger partial charge < -0.3 is 15.4 Å². The summed E-state index contributed by atoms with van der Waals surface area (Å²) >= 11 is 0. The average molecular weight is 354 g/mol. The number of rotatable bonds is 5. The van der Waals surface area contributed by atoms with E-state index in [1.165, 1.54) is 6.20 Å². The number of carbonyl (C=O) groups excluding carboxylic acids is 3. The van der Waals surface area contributed by atoms with Crippen molar-refractivity contribution in [2.45, 2.75) is 12.5 Å². The van der Waals surface area contributed by atoms with E-state index < -0.39 is 23.4 Å². The molecule has 1 saturated heterocycles. The van der Waals surface area contributed by atoms with E-state index in [1.54, 1.807) is 56.6 Å². The first kappa shape index (κ1) is 17.4. The first-order valence-corrected chi connectivity index (χ1v) is 7.92. The Labute approximate surface area is 150 Å². The van der Waals surface area contributed by atoms with Crippen molar-refractivity contribution in [1.29, 1.82) is 0 Å². The lowest BCUT2D eigenvalue weighted by Gasteiger charge is -2.22. The second-order valence-corrected chi connectivity index (χ2v) is 5.96. The van der Waals surface area contributed by atoms with Crippen LogP contribution in [0.5, 0.6) is 5.75 Å². The second-order valence-electron chi connectivity index (χ2n) is 5.96. The van der Waals surface area contributed by atoms with Crippen LogP contribution in [0.4, 0.5) is 10.5 Å². The number of hydrogen-bond acceptors (Lipinski definition) is 5. The number of hydrogen-bond donors (Lipinski definition) is 2. The predicted octanol–water partition coefficient (Wildman–Crippen LogP) is 1.50. The zero-order chi connectivity index (χ0) is 18.7. The number of imide groups is 1. The van der Waals surface area contributed by atoms with Crippen LogP contribution in [-0.4, -0.2) is 41.4 Å². The van der Waals surface area contributed by atoms with Crippen LogP contribution in [0.3, 0.4) is 0 Å². The summed E-state index contributed by atoms with van der Waals surface area (Å²) in [7, 11) is 1.54. The van der Waals surface area contributed by atoms with Crippen LogP contribution < -0.4 is 15.4 Å². The fourth-order valence-corrected chi connectivity index (χ4v) is 2.74. The molecule has 8 nitrogen and oxygen atoms in total. The third-order valence-electron chi connectivity index (χ3n) is 4.19. The molecule has 3 rings (SSSR count). The number of aromatic nitrogens is 1. The van der Waals surface area contributed by atoms with Gasteiger partial charge in [-0.2, -0.15) is 0 Å². The van der Waals surface area contributed by atoms with Crippen molar-refractivity contribution < 1.29 is 19.1 Å². The van der Waals surface area contributed by atoms with E-state index in [9.17, 15) is 14.4 Å². The van der Waals surface area contributed by atoms with Crippen molar-refractivity contribution in [2.24, 2.45) is 0 Å². The van der Waals surface area contributed by atoms with Crippen molar-refractivity contribution in [3.8, 4) is 5.75 Å². The molecular weight excluding hydrogens is 336 g/mol. The minimum Gasteiger partial charge on any atom is -0.497 e. The average Bonchev–Trinajstić information content (AvgIpc) is 2.86. The van der Waals surface area contributed by atoms with Crippen molar-refractivity contribution >= 4 is 23.5 Å². The first-order chi connectivity index (χ1) is 12.4. The Hall–Kier alpha value is -3.42. The van der Waals surface area contributed by atoms with Crippen LogP contribution in [0.1, 0.15) is 12.5 Å². The van der Waals surface area contributed by atoms with E-state index in [2.05, 4.69) is 15.6 Å². The highest BCUT2D eigenvalue weighted by Crippen LogP contribution is 2.29. The van der Waals surface area contributed by atoms with Gasteiger partial charge in [0.15, 0.2) is 0 Å². The Morgan fingerprint density at radius 3 is 2.62 bits per heavy atom. The summed E-state index contributed by atoms with van der Waals surface area (Å²) in [5, 5.41) is 5.26. The maximum absolute atomic E-state index is 12.8. The first-order valence-electron chi connectivity index (χ1n) is 7.92. The lowest BCUT2D eigenvalue weighted by atomic mass is 9.92. The number of urea groups is 1. The number of nitrogens with zero attached hydrogens (tertiary/aromatic N) is 2. The summed E-state index contributed by atoms with van der Waals surface area (Å²) < 4.78 is 5.10. The van der Waals surface area contributed by atoms with E-state index in [0.29, 0.717) is 17.0 Å². The molecule has 0 unspecified atom stereocenters. The van der Waals surface area contributed by atoms with Crippen LogP contribution in [0, 0.1) is 0 Å². The van der Waals surface area contributed by atoms with Gasteiger partial charge in [0.1, 0.15) is 17.8 Å². The molecule has 2 heterocycles. The normalized spacial score (nSPS) is 19.2. The van der Waals surface area contributed by atoms with Crippen LogP contribution in [-0.2, 0) is 15.1 Å². The largest absolute Gasteiger partial charge is 0.497 e. The molecule has 2 aromatic rings. The van der Waals surface area contributed by atoms with E-state index in [4.69, 9.17) is 4.74 Å². The molecule has 26 heavy (non-hydrogen) atoms. The summed E-state index contributed by atoms with van der Waals surface area (Å²) in [5.41, 5.74) is -0.146. The molecule has 0 spiro atoms. The minimum atomic E-state index is -1.24. The number of benzene rings is 1. The van der Waals surface area contributed by atoms with Gasteiger partial charge in [-0.1, -0.05) is 12.1 Å². The SMILES string of the molecule is COc1ccc([C@@]2(C)NC(=O)N(CC(=O)Nc3cccnc3)C2=O)cc1. The smallest absolute Gasteiger partial charge is 0.325 e. The topological polar surface area (TPSA) is 101 Å². The molecule has 1 atom stereocenters. The van der Waals surface area contributed by atoms with Crippen LogP contribution in [0.25, 0.3) is 0 Å². The lowest BCUT2D eigenvalue weighted by molar-refractivity contribution is -0.133. The number of pyridine rings is 1. The Kier molecular flexibility index (Phi) is 4.57. The highest BCUT2D eigenvalue weighted by Gasteiger charge is 2.49. The molecule has 134 valence electrons. The number of carbonyl (C=O) groups is 3. The summed E-state index contributed by atoms with van der Waals surface area (Å²) in [5.74, 6) is -0.337. The standard InChI is InChI=1S/C18H18N4O4/c1-18(12-5-7-14(26-2)8-6-12)16(24)22(17(25)21-18)11-15(23)20-13-4-3-9-19-10-13/h3-10H,11H2,1-2H3,(H,20,23)(H,21,25)/t18-/m1/s1. The van der Waals surface area contributed by atoms with E-state index in [1.807, 2.05) is 0 Å². The van der Waals surface area contributed by atoms with Crippen LogP contribution in [0.15, 0.2) is 48.8 Å². The lowest BCUT2D eigenvalue weighted by Crippen LogP contribution is -2.42. The Morgan fingerprint density at radius 1 is 1.27 bits per heavy atom. The van der Waals surface area contributed by atoms with Crippen molar-refractivity contribution in [2.75, 3.05) is 19.0 Å². The van der Waals surface area contributed by atoms with E-state index in [0.717, 1.165) is 4.90 Å². The third kappa shape index (κ3) is 3.21. The maximum atomic E-state index is 12.8. The highest BCUT2D eigenvalue weighted by atomic mass is 16.5. The van der Waals surface area contributed by atoms with Crippen LogP contribution in [0.2, 0.25) is 0 Å². The molecule has 1 fully saturated rings. The molecule has 1 aromatic heterocycles. The van der Waals surface area contributed by atoms with Gasteiger partial charge >= 0.3 is 6.03 Å². The van der Waals surface area contributed by atoms with Gasteiger partial charge in [0.2, 0.25) is 5.91 Å². The Morgan fingerprint density at radius 2 is 2.00 bits per heavy atom. The fourth-order valence-electron chi connectivity index (χ4n) is 2.74. The molecule has 4 amide bonds. The number of nitrogens with one attached hydrogen (secondary N) is 2. The highest BCUT2D eigenvalue weighted by molar-refractivity contribution is 6.10. The Balaban J connectivity index is 1.74. The van der Waals surface area contributed by atoms with Crippen molar-refractivity contribution in [1.82, 2.24) is 15.2 Å². The molecule has 1 aliphatic heterocycles. The van der Waals surface area contributed by atoms with E-state index in [-0.39, 0.29) is 6.54 Å². The summed E-state index contributed by atoms with van der Waals surface area (Å²) in [6.45, 7) is 1.22. The minimum absolute atomic E-state index is 0.384. The number of ether oxygens (including phenoxy) is 1. The molecule has 0 saturated carbocycles. The molecule has 8 heteroatoms. The number of methoxy groups -OCH3 is 1. The Bertz CT molecular complexity index is 838. The number of anilines is 1. The third-order valence-corrected chi connectivity index (χ3v) is 4.19. The summed E-state index contributed by atoms with van der Waals surface area (Å²) in [6, 6.07) is 9.54.